The molecule has 0 saturated carbocycles. The highest BCUT2D eigenvalue weighted by atomic mass is 14.8. The Labute approximate surface area is 58.6 Å². The van der Waals surface area contributed by atoms with Crippen LogP contribution >= 0.6 is 0 Å². The number of nitrogens with zero attached hydrogens (tertiary/aromatic N) is 2. The van der Waals surface area contributed by atoms with Gasteiger partial charge in [0.15, 0.2) is 0 Å². The minimum atomic E-state index is 0.769. The first-order chi connectivity index (χ1) is 4.97. The van der Waals surface area contributed by atoms with Gasteiger partial charge in [0.2, 0.25) is 0 Å². The van der Waals surface area contributed by atoms with Crippen LogP contribution in [0.15, 0.2) is 24.5 Å². The van der Waals surface area contributed by atoms with Gasteiger partial charge in [0.1, 0.15) is 0 Å². The first kappa shape index (κ1) is 5.35. The molecule has 10 heavy (non-hydrogen) atoms. The van der Waals surface area contributed by atoms with E-state index in [4.69, 9.17) is 0 Å². The summed E-state index contributed by atoms with van der Waals surface area (Å²) in [6, 6.07) is 9.44. The smallest absolute Gasteiger partial charge is 0.0972 e. The minimum Gasteiger partial charge on any atom is -0.252 e. The van der Waals surface area contributed by atoms with Crippen molar-refractivity contribution < 1.29 is 0 Å². The molecule has 0 aliphatic rings. The fraction of sp³-hybridized carbons (Fsp3) is 0. The fourth-order valence-electron chi connectivity index (χ4n) is 0.790. The Balaban J connectivity index is 2.89. The van der Waals surface area contributed by atoms with Crippen molar-refractivity contribution in [3.8, 4) is 0 Å². The van der Waals surface area contributed by atoms with Gasteiger partial charge in [-0.3, -0.25) is 9.97 Å². The molecule has 0 aliphatic heterocycles. The van der Waals surface area contributed by atoms with E-state index in [0.717, 1.165) is 11.0 Å². The van der Waals surface area contributed by atoms with Crippen molar-refractivity contribution in [1.29, 1.82) is 0 Å². The molecular weight excluding hydrogens is 124 g/mol. The Morgan fingerprint density at radius 3 is 1.90 bits per heavy atom. The molecule has 1 heterocycles. The normalized spacial score (nSPS) is 10.0. The van der Waals surface area contributed by atoms with Gasteiger partial charge in [-0.25, -0.2) is 0 Å². The van der Waals surface area contributed by atoms with Gasteiger partial charge in [-0.2, -0.15) is 0 Å². The number of rotatable bonds is 0. The molecule has 2 heteroatoms. The summed E-state index contributed by atoms with van der Waals surface area (Å²) in [6.07, 6.45) is 3.29. The summed E-state index contributed by atoms with van der Waals surface area (Å²) in [4.78, 5) is 8.06. The maximum Gasteiger partial charge on any atom is 0.0972 e. The average Bonchev–Trinajstić information content (AvgIpc) is 2.05. The lowest BCUT2D eigenvalue weighted by atomic mass is 10.3. The van der Waals surface area contributed by atoms with Gasteiger partial charge < -0.3 is 0 Å². The van der Waals surface area contributed by atoms with Crippen molar-refractivity contribution in [2.24, 2.45) is 0 Å². The van der Waals surface area contributed by atoms with Crippen LogP contribution in [0.2, 0.25) is 0 Å². The van der Waals surface area contributed by atoms with Gasteiger partial charge in [-0.05, 0) is 0 Å². The largest absolute Gasteiger partial charge is 0.252 e. The Kier molecular flexibility index (Phi) is 1.10. The molecule has 0 N–H and O–H groups in total. The van der Waals surface area contributed by atoms with Crippen LogP contribution in [0, 0.1) is 12.1 Å². The predicted molar refractivity (Wildman–Crippen MR) is 37.2 cm³/mol. The van der Waals surface area contributed by atoms with E-state index in [-0.39, 0.29) is 0 Å². The first-order valence-electron chi connectivity index (χ1n) is 2.96. The summed E-state index contributed by atoms with van der Waals surface area (Å²) in [7, 11) is 0. The highest BCUT2D eigenvalue weighted by Gasteiger charge is 1.89. The molecule has 2 aromatic rings. The van der Waals surface area contributed by atoms with Crippen LogP contribution in [0.3, 0.4) is 0 Å². The first-order valence-corrected chi connectivity index (χ1v) is 2.96. The molecule has 0 unspecified atom stereocenters. The van der Waals surface area contributed by atoms with Crippen LogP contribution < -0.4 is 0 Å². The topological polar surface area (TPSA) is 25.8 Å². The van der Waals surface area contributed by atoms with Crippen molar-refractivity contribution in [2.45, 2.75) is 0 Å². The molecule has 0 aliphatic carbocycles. The minimum absolute atomic E-state index is 0.769. The van der Waals surface area contributed by atoms with Crippen molar-refractivity contribution in [3.63, 3.8) is 0 Å². The van der Waals surface area contributed by atoms with Crippen molar-refractivity contribution >= 4 is 11.0 Å². The third-order valence-corrected chi connectivity index (χ3v) is 1.22. The standard InChI is InChI=1S/C8H4N2/c1-2-4-8-7(3-1)9-5-6-10-8/h1-2,5-6H. The number of benzene rings is 1. The summed E-state index contributed by atoms with van der Waals surface area (Å²) in [5, 5.41) is 0. The quantitative estimate of drug-likeness (QED) is 0.533. The number of hydrogen-bond donors (Lipinski definition) is 0. The average molecular weight is 128 g/mol. The van der Waals surface area contributed by atoms with Crippen LogP contribution in [0.25, 0.3) is 11.0 Å². The maximum absolute atomic E-state index is 4.03. The van der Waals surface area contributed by atoms with Gasteiger partial charge in [0.05, 0.1) is 11.0 Å². The molecule has 0 fully saturated rings. The fourth-order valence-corrected chi connectivity index (χ4v) is 0.790. The molecule has 2 rings (SSSR count). The second-order valence-corrected chi connectivity index (χ2v) is 1.88. The number of fused-ring (bicyclic) bond motifs is 1. The maximum atomic E-state index is 4.03. The molecule has 0 saturated heterocycles. The Hall–Kier alpha value is -1.44. The lowest BCUT2D eigenvalue weighted by Crippen LogP contribution is -1.79. The molecule has 0 atom stereocenters. The van der Waals surface area contributed by atoms with E-state index in [1.54, 1.807) is 24.5 Å². The van der Waals surface area contributed by atoms with Crippen LogP contribution in [-0.2, 0) is 0 Å². The van der Waals surface area contributed by atoms with Gasteiger partial charge in [-0.15, -0.1) is 0 Å². The predicted octanol–water partition coefficient (Wildman–Crippen LogP) is 1.23. The monoisotopic (exact) mass is 128 g/mol. The number of aromatic nitrogens is 2. The van der Waals surface area contributed by atoms with E-state index in [2.05, 4.69) is 22.1 Å². The zero-order chi connectivity index (χ0) is 6.81. The van der Waals surface area contributed by atoms with E-state index < -0.39 is 0 Å². The zero-order valence-electron chi connectivity index (χ0n) is 5.20. The number of hydrogen-bond acceptors (Lipinski definition) is 2. The van der Waals surface area contributed by atoms with Crippen LogP contribution in [-0.4, -0.2) is 9.97 Å². The van der Waals surface area contributed by atoms with E-state index in [1.807, 2.05) is 0 Å². The van der Waals surface area contributed by atoms with Crippen LogP contribution in [0.4, 0.5) is 0 Å². The highest BCUT2D eigenvalue weighted by molar-refractivity contribution is 5.71. The Morgan fingerprint density at radius 1 is 0.900 bits per heavy atom. The van der Waals surface area contributed by atoms with E-state index in [1.165, 1.54) is 0 Å². The molecule has 0 spiro atoms. The molecular formula is C8H4N2. The molecule has 0 bridgehead atoms. The van der Waals surface area contributed by atoms with Crippen LogP contribution in [0.5, 0.6) is 0 Å². The van der Waals surface area contributed by atoms with E-state index >= 15 is 0 Å². The van der Waals surface area contributed by atoms with Crippen LogP contribution in [0.1, 0.15) is 0 Å². The summed E-state index contributed by atoms with van der Waals surface area (Å²) in [5.74, 6) is 0. The summed E-state index contributed by atoms with van der Waals surface area (Å²) < 4.78 is 0. The molecule has 1 aromatic carbocycles. The summed E-state index contributed by atoms with van der Waals surface area (Å²) in [5.41, 5.74) is 1.54. The van der Waals surface area contributed by atoms with Gasteiger partial charge >= 0.3 is 0 Å². The Morgan fingerprint density at radius 2 is 1.40 bits per heavy atom. The SMILES string of the molecule is [c]1cc[c]c2nccnc12. The van der Waals surface area contributed by atoms with Crippen molar-refractivity contribution in [3.05, 3.63) is 36.7 Å². The van der Waals surface area contributed by atoms with Gasteiger partial charge in [0, 0.05) is 24.5 Å². The summed E-state index contributed by atoms with van der Waals surface area (Å²) >= 11 is 0. The molecule has 2 nitrogen and oxygen atoms in total. The second-order valence-electron chi connectivity index (χ2n) is 1.88. The van der Waals surface area contributed by atoms with E-state index in [9.17, 15) is 0 Å². The zero-order valence-corrected chi connectivity index (χ0v) is 5.20. The Bertz CT molecular complexity index is 278. The lowest BCUT2D eigenvalue weighted by molar-refractivity contribution is 1.29. The summed E-state index contributed by atoms with van der Waals surface area (Å²) in [6.45, 7) is 0. The third kappa shape index (κ3) is 0.739. The second kappa shape index (κ2) is 2.06. The van der Waals surface area contributed by atoms with Crippen molar-refractivity contribution in [1.82, 2.24) is 9.97 Å². The van der Waals surface area contributed by atoms with E-state index in [0.29, 0.717) is 0 Å². The molecule has 1 aromatic heterocycles. The molecule has 0 amide bonds. The van der Waals surface area contributed by atoms with Gasteiger partial charge in [-0.1, -0.05) is 12.1 Å². The van der Waals surface area contributed by atoms with Gasteiger partial charge in [0.25, 0.3) is 0 Å². The third-order valence-electron chi connectivity index (χ3n) is 1.22. The van der Waals surface area contributed by atoms with Crippen molar-refractivity contribution in [2.75, 3.05) is 0 Å². The molecule has 46 valence electrons. The lowest BCUT2D eigenvalue weighted by Gasteiger charge is -1.89. The highest BCUT2D eigenvalue weighted by Crippen LogP contribution is 2.02. The molecule has 2 radical (unpaired) electrons.